The van der Waals surface area contributed by atoms with Crippen LogP contribution >= 0.6 is 0 Å². The minimum atomic E-state index is -0.750. The second-order valence-electron chi connectivity index (χ2n) is 4.56. The first-order valence-electron chi connectivity index (χ1n) is 6.26. The minimum Gasteiger partial charge on any atom is -0.349 e. The molecule has 0 saturated carbocycles. The van der Waals surface area contributed by atoms with Crippen molar-refractivity contribution < 1.29 is 14.4 Å². The van der Waals surface area contributed by atoms with Crippen molar-refractivity contribution in [1.29, 1.82) is 0 Å². The van der Waals surface area contributed by atoms with Crippen LogP contribution in [0.1, 0.15) is 12.0 Å². The second-order valence-corrected chi connectivity index (χ2v) is 4.56. The fourth-order valence-corrected chi connectivity index (χ4v) is 1.48. The standard InChI is InChI=1S/C14H19N3O3/c1-10-6-4-5-7-11(10)16-14(20)13(19)15-9-8-12(18)17(2)3/h4-7H,8-9H2,1-3H3,(H,15,19)(H,16,20). The number of rotatable bonds is 4. The van der Waals surface area contributed by atoms with Crippen LogP contribution in [0, 0.1) is 6.92 Å². The number of aryl methyl sites for hydroxylation is 1. The highest BCUT2D eigenvalue weighted by Crippen LogP contribution is 2.12. The van der Waals surface area contributed by atoms with Gasteiger partial charge in [0, 0.05) is 32.7 Å². The lowest BCUT2D eigenvalue weighted by Gasteiger charge is -2.11. The highest BCUT2D eigenvalue weighted by Gasteiger charge is 2.14. The van der Waals surface area contributed by atoms with E-state index in [1.165, 1.54) is 4.90 Å². The number of nitrogens with one attached hydrogen (secondary N) is 2. The minimum absolute atomic E-state index is 0.107. The third-order valence-corrected chi connectivity index (χ3v) is 2.72. The summed E-state index contributed by atoms with van der Waals surface area (Å²) in [5, 5.41) is 4.93. The summed E-state index contributed by atoms with van der Waals surface area (Å²) in [7, 11) is 3.27. The van der Waals surface area contributed by atoms with Crippen molar-refractivity contribution in [2.45, 2.75) is 13.3 Å². The Kier molecular flexibility index (Phi) is 5.71. The summed E-state index contributed by atoms with van der Waals surface area (Å²) in [6.45, 7) is 1.97. The zero-order chi connectivity index (χ0) is 15.1. The van der Waals surface area contributed by atoms with Gasteiger partial charge in [0.15, 0.2) is 0 Å². The van der Waals surface area contributed by atoms with Gasteiger partial charge in [-0.15, -0.1) is 0 Å². The normalized spacial score (nSPS) is 9.75. The Labute approximate surface area is 118 Å². The van der Waals surface area contributed by atoms with Gasteiger partial charge in [0.05, 0.1) is 0 Å². The van der Waals surface area contributed by atoms with E-state index < -0.39 is 11.8 Å². The van der Waals surface area contributed by atoms with E-state index in [1.54, 1.807) is 26.2 Å². The summed E-state index contributed by atoms with van der Waals surface area (Å²) in [4.78, 5) is 36.0. The van der Waals surface area contributed by atoms with Crippen LogP contribution in [0.25, 0.3) is 0 Å². The number of hydrogen-bond acceptors (Lipinski definition) is 3. The number of carbonyl (C=O) groups is 3. The monoisotopic (exact) mass is 277 g/mol. The Bertz CT molecular complexity index is 512. The number of anilines is 1. The van der Waals surface area contributed by atoms with Crippen molar-refractivity contribution in [3.8, 4) is 0 Å². The average Bonchev–Trinajstić information content (AvgIpc) is 2.40. The van der Waals surface area contributed by atoms with Crippen molar-refractivity contribution >= 4 is 23.4 Å². The molecule has 6 nitrogen and oxygen atoms in total. The first-order valence-corrected chi connectivity index (χ1v) is 6.26. The van der Waals surface area contributed by atoms with Gasteiger partial charge in [-0.3, -0.25) is 14.4 Å². The van der Waals surface area contributed by atoms with E-state index in [2.05, 4.69) is 10.6 Å². The van der Waals surface area contributed by atoms with Crippen molar-refractivity contribution in [2.75, 3.05) is 26.0 Å². The maximum atomic E-state index is 11.7. The third kappa shape index (κ3) is 4.72. The van der Waals surface area contributed by atoms with E-state index >= 15 is 0 Å². The van der Waals surface area contributed by atoms with E-state index in [1.807, 2.05) is 19.1 Å². The molecular weight excluding hydrogens is 258 g/mol. The van der Waals surface area contributed by atoms with Gasteiger partial charge in [0.1, 0.15) is 0 Å². The molecule has 0 aliphatic carbocycles. The molecule has 0 aromatic heterocycles. The summed E-state index contributed by atoms with van der Waals surface area (Å²) in [6.07, 6.45) is 0.163. The largest absolute Gasteiger partial charge is 0.349 e. The number of hydrogen-bond donors (Lipinski definition) is 2. The fourth-order valence-electron chi connectivity index (χ4n) is 1.48. The lowest BCUT2D eigenvalue weighted by molar-refractivity contribution is -0.136. The van der Waals surface area contributed by atoms with Gasteiger partial charge >= 0.3 is 11.8 Å². The molecule has 1 aromatic rings. The summed E-state index contributed by atoms with van der Waals surface area (Å²) < 4.78 is 0. The van der Waals surface area contributed by atoms with Gasteiger partial charge in [-0.05, 0) is 18.6 Å². The van der Waals surface area contributed by atoms with Crippen LogP contribution < -0.4 is 10.6 Å². The molecule has 0 saturated heterocycles. The van der Waals surface area contributed by atoms with Crippen LogP contribution in [0.2, 0.25) is 0 Å². The first-order chi connectivity index (χ1) is 9.41. The van der Waals surface area contributed by atoms with Gasteiger partial charge in [-0.25, -0.2) is 0 Å². The Morgan fingerprint density at radius 3 is 2.35 bits per heavy atom. The van der Waals surface area contributed by atoms with Crippen LogP contribution in [0.3, 0.4) is 0 Å². The van der Waals surface area contributed by atoms with Crippen molar-refractivity contribution in [2.24, 2.45) is 0 Å². The second kappa shape index (κ2) is 7.28. The number of amides is 3. The maximum absolute atomic E-state index is 11.7. The summed E-state index contributed by atoms with van der Waals surface area (Å²) in [6, 6.07) is 7.17. The van der Waals surface area contributed by atoms with E-state index in [-0.39, 0.29) is 18.9 Å². The van der Waals surface area contributed by atoms with Gasteiger partial charge in [-0.1, -0.05) is 18.2 Å². The Balaban J connectivity index is 2.42. The molecule has 0 atom stereocenters. The van der Waals surface area contributed by atoms with Crippen LogP contribution in [-0.4, -0.2) is 43.3 Å². The molecule has 2 N–H and O–H groups in total. The molecule has 1 rings (SSSR count). The molecule has 0 spiro atoms. The van der Waals surface area contributed by atoms with E-state index in [9.17, 15) is 14.4 Å². The van der Waals surface area contributed by atoms with Gasteiger partial charge in [0.2, 0.25) is 5.91 Å². The third-order valence-electron chi connectivity index (χ3n) is 2.72. The molecule has 108 valence electrons. The molecule has 3 amide bonds. The summed E-state index contributed by atoms with van der Waals surface area (Å²) >= 11 is 0. The number of para-hydroxylation sites is 1. The predicted molar refractivity (Wildman–Crippen MR) is 76.1 cm³/mol. The van der Waals surface area contributed by atoms with Crippen LogP contribution in [0.4, 0.5) is 5.69 Å². The zero-order valence-corrected chi connectivity index (χ0v) is 11.9. The predicted octanol–water partition coefficient (Wildman–Crippen LogP) is 0.528. The Morgan fingerprint density at radius 1 is 1.10 bits per heavy atom. The number of nitrogens with zero attached hydrogens (tertiary/aromatic N) is 1. The molecule has 0 fully saturated rings. The highest BCUT2D eigenvalue weighted by atomic mass is 16.2. The molecule has 0 heterocycles. The molecule has 0 bridgehead atoms. The molecule has 20 heavy (non-hydrogen) atoms. The fraction of sp³-hybridized carbons (Fsp3) is 0.357. The van der Waals surface area contributed by atoms with Crippen LogP contribution in [-0.2, 0) is 14.4 Å². The maximum Gasteiger partial charge on any atom is 0.313 e. The Morgan fingerprint density at radius 2 is 1.75 bits per heavy atom. The average molecular weight is 277 g/mol. The van der Waals surface area contributed by atoms with E-state index in [4.69, 9.17) is 0 Å². The molecule has 0 aliphatic rings. The van der Waals surface area contributed by atoms with Crippen molar-refractivity contribution in [1.82, 2.24) is 10.2 Å². The van der Waals surface area contributed by atoms with Crippen molar-refractivity contribution in [3.05, 3.63) is 29.8 Å². The zero-order valence-electron chi connectivity index (χ0n) is 11.9. The molecule has 6 heteroatoms. The molecule has 0 radical (unpaired) electrons. The lowest BCUT2D eigenvalue weighted by atomic mass is 10.2. The molecular formula is C14H19N3O3. The topological polar surface area (TPSA) is 78.5 Å². The van der Waals surface area contributed by atoms with Crippen LogP contribution in [0.5, 0.6) is 0 Å². The molecule has 1 aromatic carbocycles. The van der Waals surface area contributed by atoms with Gasteiger partial charge in [-0.2, -0.15) is 0 Å². The number of carbonyl (C=O) groups excluding carboxylic acids is 3. The van der Waals surface area contributed by atoms with Crippen molar-refractivity contribution in [3.63, 3.8) is 0 Å². The highest BCUT2D eigenvalue weighted by molar-refractivity contribution is 6.39. The Hall–Kier alpha value is -2.37. The SMILES string of the molecule is Cc1ccccc1NC(=O)C(=O)NCCC(=O)N(C)C. The molecule has 0 aliphatic heterocycles. The first kappa shape index (κ1) is 15.7. The van der Waals surface area contributed by atoms with E-state index in [0.29, 0.717) is 5.69 Å². The quantitative estimate of drug-likeness (QED) is 0.788. The lowest BCUT2D eigenvalue weighted by Crippen LogP contribution is -2.37. The summed E-state index contributed by atoms with van der Waals surface area (Å²) in [5.74, 6) is -1.60. The molecule has 0 unspecified atom stereocenters. The number of benzene rings is 1. The van der Waals surface area contributed by atoms with Crippen LogP contribution in [0.15, 0.2) is 24.3 Å². The summed E-state index contributed by atoms with van der Waals surface area (Å²) in [5.41, 5.74) is 1.47. The smallest absolute Gasteiger partial charge is 0.313 e. The van der Waals surface area contributed by atoms with E-state index in [0.717, 1.165) is 5.56 Å². The van der Waals surface area contributed by atoms with Gasteiger partial charge in [0.25, 0.3) is 0 Å². The van der Waals surface area contributed by atoms with Gasteiger partial charge < -0.3 is 15.5 Å².